The Morgan fingerprint density at radius 1 is 0.950 bits per heavy atom. The van der Waals surface area contributed by atoms with Crippen LogP contribution in [0.5, 0.6) is 0 Å². The van der Waals surface area contributed by atoms with E-state index in [-0.39, 0.29) is 0 Å². The predicted octanol–water partition coefficient (Wildman–Crippen LogP) is 3.34. The second-order valence-electron chi connectivity index (χ2n) is 6.18. The number of aryl methyl sites for hydroxylation is 2. The number of nitrogens with one attached hydrogen (secondary N) is 1. The number of rotatable bonds is 8. The molecule has 1 aromatic rings. The third-order valence-electron chi connectivity index (χ3n) is 3.41. The molecule has 1 N–H and O–H groups in total. The van der Waals surface area contributed by atoms with Crippen LogP contribution in [-0.2, 0) is 25.7 Å². The average molecular weight is 277 g/mol. The van der Waals surface area contributed by atoms with Crippen LogP contribution in [0.25, 0.3) is 0 Å². The van der Waals surface area contributed by atoms with E-state index in [1.807, 2.05) is 0 Å². The Bertz CT molecular complexity index is 386. The van der Waals surface area contributed by atoms with Gasteiger partial charge >= 0.3 is 0 Å². The van der Waals surface area contributed by atoms with Crippen molar-refractivity contribution < 1.29 is 0 Å². The molecule has 0 aliphatic heterocycles. The van der Waals surface area contributed by atoms with Gasteiger partial charge in [-0.25, -0.2) is 9.97 Å². The SMILES string of the molecule is CCc1nc(CC(C)C)nc(CC)c1CCNC(C)C. The first-order valence-electron chi connectivity index (χ1n) is 8.08. The van der Waals surface area contributed by atoms with Gasteiger partial charge in [-0.1, -0.05) is 41.5 Å². The van der Waals surface area contributed by atoms with Crippen molar-refractivity contribution in [1.82, 2.24) is 15.3 Å². The number of hydrogen-bond acceptors (Lipinski definition) is 3. The average Bonchev–Trinajstić information content (AvgIpc) is 2.38. The molecule has 1 heterocycles. The molecule has 0 aromatic carbocycles. The van der Waals surface area contributed by atoms with Crippen LogP contribution < -0.4 is 5.32 Å². The van der Waals surface area contributed by atoms with Crippen molar-refractivity contribution in [3.05, 3.63) is 22.8 Å². The number of hydrogen-bond donors (Lipinski definition) is 1. The number of aromatic nitrogens is 2. The zero-order chi connectivity index (χ0) is 15.1. The van der Waals surface area contributed by atoms with Crippen LogP contribution in [0.2, 0.25) is 0 Å². The number of nitrogens with zero attached hydrogens (tertiary/aromatic N) is 2. The largest absolute Gasteiger partial charge is 0.314 e. The molecule has 0 saturated heterocycles. The Hall–Kier alpha value is -0.960. The Morgan fingerprint density at radius 3 is 1.90 bits per heavy atom. The van der Waals surface area contributed by atoms with Crippen molar-refractivity contribution in [2.45, 2.75) is 73.3 Å². The molecule has 3 heteroatoms. The summed E-state index contributed by atoms with van der Waals surface area (Å²) in [5.41, 5.74) is 3.87. The Kier molecular flexibility index (Phi) is 7.14. The molecule has 114 valence electrons. The van der Waals surface area contributed by atoms with E-state index in [2.05, 4.69) is 46.9 Å². The topological polar surface area (TPSA) is 37.8 Å². The molecular weight excluding hydrogens is 246 g/mol. The van der Waals surface area contributed by atoms with Crippen molar-refractivity contribution in [3.8, 4) is 0 Å². The van der Waals surface area contributed by atoms with E-state index in [4.69, 9.17) is 9.97 Å². The molecule has 20 heavy (non-hydrogen) atoms. The van der Waals surface area contributed by atoms with Crippen molar-refractivity contribution in [2.75, 3.05) is 6.54 Å². The normalized spacial score (nSPS) is 11.6. The van der Waals surface area contributed by atoms with Gasteiger partial charge in [-0.2, -0.15) is 0 Å². The molecule has 0 spiro atoms. The van der Waals surface area contributed by atoms with E-state index in [1.54, 1.807) is 0 Å². The van der Waals surface area contributed by atoms with Crippen molar-refractivity contribution in [3.63, 3.8) is 0 Å². The molecule has 0 fully saturated rings. The van der Waals surface area contributed by atoms with Crippen LogP contribution >= 0.6 is 0 Å². The smallest absolute Gasteiger partial charge is 0.129 e. The fraction of sp³-hybridized carbons (Fsp3) is 0.765. The van der Waals surface area contributed by atoms with Gasteiger partial charge in [0.05, 0.1) is 0 Å². The molecular formula is C17H31N3. The maximum absolute atomic E-state index is 4.80. The van der Waals surface area contributed by atoms with Gasteiger partial charge in [0.1, 0.15) is 5.82 Å². The van der Waals surface area contributed by atoms with Gasteiger partial charge in [-0.15, -0.1) is 0 Å². The minimum Gasteiger partial charge on any atom is -0.314 e. The van der Waals surface area contributed by atoms with E-state index < -0.39 is 0 Å². The lowest BCUT2D eigenvalue weighted by atomic mass is 10.0. The van der Waals surface area contributed by atoms with Crippen LogP contribution in [0.4, 0.5) is 0 Å². The maximum Gasteiger partial charge on any atom is 0.129 e. The van der Waals surface area contributed by atoms with Crippen LogP contribution in [0.1, 0.15) is 64.3 Å². The Morgan fingerprint density at radius 2 is 1.50 bits per heavy atom. The molecule has 0 aliphatic rings. The van der Waals surface area contributed by atoms with Crippen LogP contribution in [0.3, 0.4) is 0 Å². The summed E-state index contributed by atoms with van der Waals surface area (Å²) in [4.78, 5) is 9.60. The van der Waals surface area contributed by atoms with Crippen LogP contribution in [-0.4, -0.2) is 22.6 Å². The molecule has 0 radical (unpaired) electrons. The molecule has 3 nitrogen and oxygen atoms in total. The minimum absolute atomic E-state index is 0.534. The fourth-order valence-corrected chi connectivity index (χ4v) is 2.45. The lowest BCUT2D eigenvalue weighted by Crippen LogP contribution is -2.26. The summed E-state index contributed by atoms with van der Waals surface area (Å²) in [5.74, 6) is 1.63. The van der Waals surface area contributed by atoms with Gasteiger partial charge in [0.15, 0.2) is 0 Å². The highest BCUT2D eigenvalue weighted by atomic mass is 14.9. The summed E-state index contributed by atoms with van der Waals surface area (Å²) in [5, 5.41) is 3.49. The first-order chi connectivity index (χ1) is 9.47. The van der Waals surface area contributed by atoms with Gasteiger partial charge < -0.3 is 5.32 Å². The second-order valence-corrected chi connectivity index (χ2v) is 6.18. The van der Waals surface area contributed by atoms with Gasteiger partial charge in [0.25, 0.3) is 0 Å². The first-order valence-corrected chi connectivity index (χ1v) is 8.08. The zero-order valence-electron chi connectivity index (χ0n) is 14.1. The highest BCUT2D eigenvalue weighted by Gasteiger charge is 2.13. The fourth-order valence-electron chi connectivity index (χ4n) is 2.45. The molecule has 0 unspecified atom stereocenters. The minimum atomic E-state index is 0.534. The molecule has 0 bridgehead atoms. The summed E-state index contributed by atoms with van der Waals surface area (Å²) >= 11 is 0. The Balaban J connectivity index is 2.96. The standard InChI is InChI=1S/C17H31N3/c1-7-15-14(9-10-18-13(5)6)16(8-2)20-17(19-15)11-12(3)4/h12-13,18H,7-11H2,1-6H3. The third kappa shape index (κ3) is 5.20. The molecule has 0 saturated carbocycles. The lowest BCUT2D eigenvalue weighted by Gasteiger charge is -2.16. The molecule has 0 atom stereocenters. The monoisotopic (exact) mass is 277 g/mol. The van der Waals surface area contributed by atoms with Gasteiger partial charge in [-0.3, -0.25) is 0 Å². The predicted molar refractivity (Wildman–Crippen MR) is 86.2 cm³/mol. The van der Waals surface area contributed by atoms with Gasteiger partial charge in [-0.05, 0) is 37.3 Å². The van der Waals surface area contributed by atoms with Gasteiger partial charge in [0.2, 0.25) is 0 Å². The summed E-state index contributed by atoms with van der Waals surface area (Å²) in [7, 11) is 0. The van der Waals surface area contributed by atoms with Crippen molar-refractivity contribution in [1.29, 1.82) is 0 Å². The highest BCUT2D eigenvalue weighted by Crippen LogP contribution is 2.16. The summed E-state index contributed by atoms with van der Waals surface area (Å²) < 4.78 is 0. The molecule has 1 aromatic heterocycles. The maximum atomic E-state index is 4.80. The van der Waals surface area contributed by atoms with Crippen molar-refractivity contribution >= 4 is 0 Å². The lowest BCUT2D eigenvalue weighted by molar-refractivity contribution is 0.581. The molecule has 1 rings (SSSR count). The summed E-state index contributed by atoms with van der Waals surface area (Å²) in [6.45, 7) is 14.2. The summed E-state index contributed by atoms with van der Waals surface area (Å²) in [6, 6.07) is 0.534. The molecule has 0 aliphatic carbocycles. The Labute approximate surface area is 124 Å². The first kappa shape index (κ1) is 17.1. The van der Waals surface area contributed by atoms with E-state index >= 15 is 0 Å². The quantitative estimate of drug-likeness (QED) is 0.792. The zero-order valence-corrected chi connectivity index (χ0v) is 14.1. The van der Waals surface area contributed by atoms with Gasteiger partial charge in [0, 0.05) is 23.9 Å². The van der Waals surface area contributed by atoms with Crippen LogP contribution in [0.15, 0.2) is 0 Å². The van der Waals surface area contributed by atoms with E-state index in [1.165, 1.54) is 17.0 Å². The van der Waals surface area contributed by atoms with Crippen LogP contribution in [0, 0.1) is 5.92 Å². The van der Waals surface area contributed by atoms with E-state index in [0.717, 1.165) is 38.1 Å². The summed E-state index contributed by atoms with van der Waals surface area (Å²) in [6.07, 6.45) is 4.01. The van der Waals surface area contributed by atoms with E-state index in [0.29, 0.717) is 12.0 Å². The third-order valence-corrected chi connectivity index (χ3v) is 3.41. The van der Waals surface area contributed by atoms with Crippen molar-refractivity contribution in [2.24, 2.45) is 5.92 Å². The second kappa shape index (κ2) is 8.35. The molecule has 0 amide bonds. The highest BCUT2D eigenvalue weighted by molar-refractivity contribution is 5.27. The van der Waals surface area contributed by atoms with E-state index in [9.17, 15) is 0 Å².